The van der Waals surface area contributed by atoms with Gasteiger partial charge in [0.2, 0.25) is 0 Å². The monoisotopic (exact) mass is 609 g/mol. The van der Waals surface area contributed by atoms with Crippen LogP contribution in [0.25, 0.3) is 0 Å². The standard InChI is InChI=1S/C31H40F5N5O2/c1-17-10-21-23(12-20(17)24-25(31(34,35)36)18(2)11-22(37)26(24)33)38-28(39-27(21)40-8-4-6-29(3,42)15-40)43-16-30-7-5-9-41(30)14-19(32)13-30/h11,17,19-20,42H,4-10,12-16,37H2,1-3H3/t17?,19-,20?,29-,30+/m1/s1. The third kappa shape index (κ3) is 5.54. The number of alkyl halides is 4. The number of nitrogens with zero attached hydrogens (tertiary/aromatic N) is 4. The highest BCUT2D eigenvalue weighted by Gasteiger charge is 2.50. The van der Waals surface area contributed by atoms with E-state index in [1.54, 1.807) is 6.92 Å². The van der Waals surface area contributed by atoms with Crippen molar-refractivity contribution in [3.05, 3.63) is 39.8 Å². The van der Waals surface area contributed by atoms with Crippen LogP contribution in [0.3, 0.4) is 0 Å². The van der Waals surface area contributed by atoms with Gasteiger partial charge in [-0.25, -0.2) is 8.78 Å². The molecule has 2 unspecified atom stereocenters. The number of anilines is 2. The molecule has 12 heteroatoms. The molecule has 0 bridgehead atoms. The van der Waals surface area contributed by atoms with Crippen molar-refractivity contribution in [2.24, 2.45) is 5.92 Å². The van der Waals surface area contributed by atoms with Gasteiger partial charge in [-0.2, -0.15) is 23.1 Å². The number of hydrogen-bond donors (Lipinski definition) is 2. The minimum Gasteiger partial charge on any atom is -0.461 e. The number of aliphatic hydroxyl groups is 1. The van der Waals surface area contributed by atoms with Gasteiger partial charge >= 0.3 is 12.2 Å². The summed E-state index contributed by atoms with van der Waals surface area (Å²) in [6.45, 7) is 7.22. The first kappa shape index (κ1) is 30.3. The molecule has 3 aliphatic heterocycles. The highest BCUT2D eigenvalue weighted by atomic mass is 19.4. The number of rotatable bonds is 5. The van der Waals surface area contributed by atoms with Crippen molar-refractivity contribution in [1.82, 2.24) is 14.9 Å². The van der Waals surface area contributed by atoms with Crippen LogP contribution in [0, 0.1) is 18.7 Å². The zero-order chi connectivity index (χ0) is 30.9. The number of halogens is 5. The lowest BCUT2D eigenvalue weighted by Gasteiger charge is -2.40. The molecule has 4 aliphatic rings. The zero-order valence-electron chi connectivity index (χ0n) is 24.9. The van der Waals surface area contributed by atoms with Gasteiger partial charge in [0.15, 0.2) is 0 Å². The molecule has 1 aromatic carbocycles. The topological polar surface area (TPSA) is 87.7 Å². The van der Waals surface area contributed by atoms with E-state index in [1.165, 1.54) is 6.92 Å². The molecular formula is C31H40F5N5O2. The Labute approximate surface area is 248 Å². The Hall–Kier alpha value is -2.73. The van der Waals surface area contributed by atoms with E-state index in [-0.39, 0.29) is 36.2 Å². The second kappa shape index (κ2) is 10.7. The Morgan fingerprint density at radius 1 is 1.16 bits per heavy atom. The van der Waals surface area contributed by atoms with E-state index in [1.807, 2.05) is 11.8 Å². The lowest BCUT2D eigenvalue weighted by molar-refractivity contribution is -0.139. The normalized spacial score (nSPS) is 31.3. The quantitative estimate of drug-likeness (QED) is 0.349. The fourth-order valence-electron chi connectivity index (χ4n) is 8.08. The van der Waals surface area contributed by atoms with Crippen LogP contribution in [0.4, 0.5) is 33.5 Å². The Bertz CT molecular complexity index is 1400. The smallest absolute Gasteiger partial charge is 0.417 e. The first-order valence-electron chi connectivity index (χ1n) is 15.2. The SMILES string of the molecule is Cc1cc(N)c(F)c(C2Cc3nc(OC[C@@]45CCCN4C[C@H](F)C5)nc(N4CCC[C@@](C)(O)C4)c3CC2C)c1C(F)(F)F. The minimum atomic E-state index is -4.76. The van der Waals surface area contributed by atoms with Crippen LogP contribution in [0.2, 0.25) is 0 Å². The molecule has 0 amide bonds. The van der Waals surface area contributed by atoms with Crippen molar-refractivity contribution in [2.75, 3.05) is 43.4 Å². The van der Waals surface area contributed by atoms with Gasteiger partial charge in [0.1, 0.15) is 24.4 Å². The minimum absolute atomic E-state index is 0.0410. The fraction of sp³-hybridized carbons (Fsp3) is 0.677. The Morgan fingerprint density at radius 3 is 2.63 bits per heavy atom. The van der Waals surface area contributed by atoms with Gasteiger partial charge < -0.3 is 20.5 Å². The van der Waals surface area contributed by atoms with E-state index >= 15 is 4.39 Å². The number of nitrogens with two attached hydrogens (primary N) is 1. The summed E-state index contributed by atoms with van der Waals surface area (Å²) in [5.41, 5.74) is 3.90. The van der Waals surface area contributed by atoms with Crippen LogP contribution >= 0.6 is 0 Å². The van der Waals surface area contributed by atoms with Gasteiger partial charge in [-0.3, -0.25) is 4.90 Å². The Morgan fingerprint density at radius 2 is 1.91 bits per heavy atom. The summed E-state index contributed by atoms with van der Waals surface area (Å²) in [7, 11) is 0. The molecule has 5 atom stereocenters. The first-order valence-corrected chi connectivity index (χ1v) is 15.2. The Kier molecular flexibility index (Phi) is 7.55. The maximum Gasteiger partial charge on any atom is 0.417 e. The highest BCUT2D eigenvalue weighted by molar-refractivity contribution is 5.56. The number of nitrogen functional groups attached to an aromatic ring is 1. The number of aryl methyl sites for hydroxylation is 1. The lowest BCUT2D eigenvalue weighted by Crippen LogP contribution is -2.47. The molecule has 3 N–H and O–H groups in total. The van der Waals surface area contributed by atoms with Gasteiger partial charge in [0, 0.05) is 37.2 Å². The number of ether oxygens (including phenoxy) is 1. The molecule has 6 rings (SSSR count). The summed E-state index contributed by atoms with van der Waals surface area (Å²) < 4.78 is 79.1. The molecule has 7 nitrogen and oxygen atoms in total. The largest absolute Gasteiger partial charge is 0.461 e. The van der Waals surface area contributed by atoms with Gasteiger partial charge in [0.05, 0.1) is 28.1 Å². The fourth-order valence-corrected chi connectivity index (χ4v) is 8.08. The second-order valence-electron chi connectivity index (χ2n) is 13.5. The summed E-state index contributed by atoms with van der Waals surface area (Å²) >= 11 is 0. The molecule has 2 aromatic rings. The molecule has 0 saturated carbocycles. The number of fused-ring (bicyclic) bond motifs is 2. The third-order valence-electron chi connectivity index (χ3n) is 10.1. The van der Waals surface area contributed by atoms with Crippen LogP contribution in [-0.4, -0.2) is 70.1 Å². The van der Waals surface area contributed by atoms with E-state index in [0.29, 0.717) is 50.4 Å². The molecule has 43 heavy (non-hydrogen) atoms. The molecule has 0 radical (unpaired) electrons. The van der Waals surface area contributed by atoms with Crippen LogP contribution in [-0.2, 0) is 19.0 Å². The summed E-state index contributed by atoms with van der Waals surface area (Å²) in [5.74, 6) is -1.67. The van der Waals surface area contributed by atoms with E-state index in [0.717, 1.165) is 37.4 Å². The molecule has 3 fully saturated rings. The predicted molar refractivity (Wildman–Crippen MR) is 153 cm³/mol. The molecule has 0 spiro atoms. The van der Waals surface area contributed by atoms with E-state index in [9.17, 15) is 22.7 Å². The van der Waals surface area contributed by atoms with Crippen molar-refractivity contribution >= 4 is 11.5 Å². The second-order valence-corrected chi connectivity index (χ2v) is 13.5. The van der Waals surface area contributed by atoms with E-state index < -0.39 is 46.3 Å². The van der Waals surface area contributed by atoms with Crippen molar-refractivity contribution in [2.45, 2.75) is 95.1 Å². The summed E-state index contributed by atoms with van der Waals surface area (Å²) in [6.07, 6.45) is -1.85. The van der Waals surface area contributed by atoms with Gasteiger partial charge in [0.25, 0.3) is 0 Å². The maximum atomic E-state index is 15.5. The summed E-state index contributed by atoms with van der Waals surface area (Å²) in [4.78, 5) is 13.6. The van der Waals surface area contributed by atoms with Crippen molar-refractivity contribution < 1.29 is 31.8 Å². The average molecular weight is 610 g/mol. The molecule has 236 valence electrons. The highest BCUT2D eigenvalue weighted by Crippen LogP contribution is 2.48. The zero-order valence-corrected chi connectivity index (χ0v) is 24.9. The molecule has 3 saturated heterocycles. The lowest BCUT2D eigenvalue weighted by atomic mass is 9.73. The van der Waals surface area contributed by atoms with Crippen molar-refractivity contribution in [3.63, 3.8) is 0 Å². The van der Waals surface area contributed by atoms with Crippen molar-refractivity contribution in [1.29, 1.82) is 0 Å². The predicted octanol–water partition coefficient (Wildman–Crippen LogP) is 5.35. The summed E-state index contributed by atoms with van der Waals surface area (Å²) in [6, 6.07) is 1.10. The Balaban J connectivity index is 1.40. The van der Waals surface area contributed by atoms with Gasteiger partial charge in [-0.15, -0.1) is 0 Å². The van der Waals surface area contributed by atoms with Crippen molar-refractivity contribution in [3.8, 4) is 6.01 Å². The van der Waals surface area contributed by atoms with Crippen LogP contribution in [0.15, 0.2) is 6.07 Å². The maximum absolute atomic E-state index is 15.5. The molecule has 1 aliphatic carbocycles. The van der Waals surface area contributed by atoms with Crippen LogP contribution in [0.1, 0.15) is 79.8 Å². The van der Waals surface area contributed by atoms with E-state index in [4.69, 9.17) is 20.4 Å². The van der Waals surface area contributed by atoms with Gasteiger partial charge in [-0.05, 0) is 82.4 Å². The average Bonchev–Trinajstić information content (AvgIpc) is 3.43. The number of piperidine rings is 1. The molecule has 1 aromatic heterocycles. The van der Waals surface area contributed by atoms with Crippen LogP contribution < -0.4 is 15.4 Å². The molecule has 4 heterocycles. The van der Waals surface area contributed by atoms with E-state index in [2.05, 4.69) is 4.90 Å². The third-order valence-corrected chi connectivity index (χ3v) is 10.1. The number of β-amino-alcohol motifs (C(OH)–C–C–N with tert-alkyl or cyclic N) is 1. The summed E-state index contributed by atoms with van der Waals surface area (Å²) in [5, 5.41) is 10.9. The number of aromatic nitrogens is 2. The van der Waals surface area contributed by atoms with Crippen LogP contribution in [0.5, 0.6) is 6.01 Å². The molecular weight excluding hydrogens is 569 g/mol. The van der Waals surface area contributed by atoms with Gasteiger partial charge in [-0.1, -0.05) is 6.92 Å². The number of benzene rings is 1. The number of hydrogen-bond acceptors (Lipinski definition) is 7. The first-order chi connectivity index (χ1) is 20.2.